The van der Waals surface area contributed by atoms with Crippen LogP contribution in [0.5, 0.6) is 0 Å². The molecule has 0 spiro atoms. The standard InChI is InChI=1S/C9H15FO3/c10-7(9(12)13)8(11)6-4-2-1-3-5-6/h6-8,11H,1-5H2,(H,12,13). The summed E-state index contributed by atoms with van der Waals surface area (Å²) in [6.07, 6.45) is 1.08. The highest BCUT2D eigenvalue weighted by Gasteiger charge is 2.33. The average molecular weight is 190 g/mol. The first-order valence-electron chi connectivity index (χ1n) is 4.68. The molecule has 13 heavy (non-hydrogen) atoms. The Morgan fingerprint density at radius 1 is 1.31 bits per heavy atom. The second-order valence-electron chi connectivity index (χ2n) is 3.63. The number of aliphatic hydroxyl groups is 1. The fourth-order valence-electron chi connectivity index (χ4n) is 1.86. The molecule has 1 rings (SSSR count). The molecule has 1 aliphatic carbocycles. The summed E-state index contributed by atoms with van der Waals surface area (Å²) >= 11 is 0. The van der Waals surface area contributed by atoms with Crippen LogP contribution < -0.4 is 0 Å². The lowest BCUT2D eigenvalue weighted by Crippen LogP contribution is -2.37. The molecule has 0 aromatic carbocycles. The molecule has 2 atom stereocenters. The van der Waals surface area contributed by atoms with E-state index in [1.807, 2.05) is 0 Å². The summed E-state index contributed by atoms with van der Waals surface area (Å²) in [6, 6.07) is 0. The Labute approximate surface area is 76.6 Å². The number of carboxylic acid groups (broad SMARTS) is 1. The number of halogens is 1. The first-order valence-corrected chi connectivity index (χ1v) is 4.68. The molecule has 0 bridgehead atoms. The molecular weight excluding hydrogens is 175 g/mol. The van der Waals surface area contributed by atoms with E-state index in [4.69, 9.17) is 5.11 Å². The molecule has 0 heterocycles. The van der Waals surface area contributed by atoms with Crippen molar-refractivity contribution < 1.29 is 19.4 Å². The Balaban J connectivity index is 2.44. The Morgan fingerprint density at radius 2 is 1.85 bits per heavy atom. The molecule has 0 saturated heterocycles. The summed E-state index contributed by atoms with van der Waals surface area (Å²) < 4.78 is 12.9. The van der Waals surface area contributed by atoms with Crippen LogP contribution in [-0.2, 0) is 4.79 Å². The fraction of sp³-hybridized carbons (Fsp3) is 0.889. The third-order valence-electron chi connectivity index (χ3n) is 2.67. The van der Waals surface area contributed by atoms with E-state index < -0.39 is 18.2 Å². The van der Waals surface area contributed by atoms with Gasteiger partial charge in [-0.05, 0) is 18.8 Å². The molecule has 0 radical (unpaired) electrons. The monoisotopic (exact) mass is 190 g/mol. The minimum Gasteiger partial charge on any atom is -0.479 e. The van der Waals surface area contributed by atoms with Gasteiger partial charge in [0.05, 0.1) is 6.10 Å². The van der Waals surface area contributed by atoms with Gasteiger partial charge in [-0.3, -0.25) is 0 Å². The Bertz CT molecular complexity index is 178. The lowest BCUT2D eigenvalue weighted by atomic mass is 9.84. The molecule has 0 aliphatic heterocycles. The summed E-state index contributed by atoms with van der Waals surface area (Å²) in [5.41, 5.74) is 0. The zero-order valence-electron chi connectivity index (χ0n) is 7.45. The molecule has 1 aliphatic rings. The molecule has 76 valence electrons. The van der Waals surface area contributed by atoms with Crippen LogP contribution in [0.4, 0.5) is 4.39 Å². The van der Waals surface area contributed by atoms with Crippen LogP contribution in [0.15, 0.2) is 0 Å². The summed E-state index contributed by atoms with van der Waals surface area (Å²) in [4.78, 5) is 10.2. The van der Waals surface area contributed by atoms with Crippen LogP contribution >= 0.6 is 0 Å². The van der Waals surface area contributed by atoms with Crippen molar-refractivity contribution in [2.45, 2.75) is 44.4 Å². The lowest BCUT2D eigenvalue weighted by molar-refractivity contribution is -0.149. The number of rotatable bonds is 3. The third kappa shape index (κ3) is 2.66. The number of hydrogen-bond donors (Lipinski definition) is 2. The number of carboxylic acids is 1. The molecule has 4 heteroatoms. The molecule has 1 fully saturated rings. The van der Waals surface area contributed by atoms with Crippen molar-refractivity contribution in [3.8, 4) is 0 Å². The number of alkyl halides is 1. The van der Waals surface area contributed by atoms with E-state index in [-0.39, 0.29) is 5.92 Å². The van der Waals surface area contributed by atoms with Gasteiger partial charge in [0.15, 0.2) is 0 Å². The number of aliphatic hydroxyl groups excluding tert-OH is 1. The molecule has 1 saturated carbocycles. The normalized spacial score (nSPS) is 23.8. The summed E-state index contributed by atoms with van der Waals surface area (Å²) in [5.74, 6) is -1.72. The van der Waals surface area contributed by atoms with Gasteiger partial charge in [-0.25, -0.2) is 9.18 Å². The average Bonchev–Trinajstić information content (AvgIpc) is 2.17. The van der Waals surface area contributed by atoms with Gasteiger partial charge < -0.3 is 10.2 Å². The van der Waals surface area contributed by atoms with Crippen LogP contribution in [0, 0.1) is 5.92 Å². The molecule has 0 aromatic heterocycles. The minimum atomic E-state index is -2.12. The van der Waals surface area contributed by atoms with Crippen molar-refractivity contribution in [3.05, 3.63) is 0 Å². The SMILES string of the molecule is O=C(O)C(F)C(O)C1CCCCC1. The van der Waals surface area contributed by atoms with Crippen molar-refractivity contribution in [1.82, 2.24) is 0 Å². The highest BCUT2D eigenvalue weighted by atomic mass is 19.1. The first-order chi connectivity index (χ1) is 6.13. The largest absolute Gasteiger partial charge is 0.479 e. The summed E-state index contributed by atoms with van der Waals surface area (Å²) in [7, 11) is 0. The van der Waals surface area contributed by atoms with Gasteiger partial charge in [0.1, 0.15) is 0 Å². The Kier molecular flexibility index (Phi) is 3.66. The van der Waals surface area contributed by atoms with Crippen LogP contribution in [-0.4, -0.2) is 28.5 Å². The highest BCUT2D eigenvalue weighted by molar-refractivity contribution is 5.72. The van der Waals surface area contributed by atoms with E-state index in [9.17, 15) is 14.3 Å². The summed E-state index contributed by atoms with van der Waals surface area (Å²) in [6.45, 7) is 0. The maximum atomic E-state index is 12.9. The first kappa shape index (κ1) is 10.4. The van der Waals surface area contributed by atoms with Crippen molar-refractivity contribution in [3.63, 3.8) is 0 Å². The molecule has 2 N–H and O–H groups in total. The van der Waals surface area contributed by atoms with E-state index in [1.54, 1.807) is 0 Å². The van der Waals surface area contributed by atoms with Crippen molar-refractivity contribution in [1.29, 1.82) is 0 Å². The smallest absolute Gasteiger partial charge is 0.341 e. The van der Waals surface area contributed by atoms with Gasteiger partial charge in [-0.15, -0.1) is 0 Å². The molecule has 0 aromatic rings. The van der Waals surface area contributed by atoms with Gasteiger partial charge in [-0.2, -0.15) is 0 Å². The Hall–Kier alpha value is -0.640. The van der Waals surface area contributed by atoms with E-state index in [0.717, 1.165) is 32.1 Å². The molecule has 3 nitrogen and oxygen atoms in total. The van der Waals surface area contributed by atoms with Crippen molar-refractivity contribution >= 4 is 5.97 Å². The maximum absolute atomic E-state index is 12.9. The zero-order chi connectivity index (χ0) is 9.84. The van der Waals surface area contributed by atoms with Crippen LogP contribution in [0.3, 0.4) is 0 Å². The fourth-order valence-corrected chi connectivity index (χ4v) is 1.86. The van der Waals surface area contributed by atoms with Crippen molar-refractivity contribution in [2.24, 2.45) is 5.92 Å². The summed E-state index contributed by atoms with van der Waals surface area (Å²) in [5, 5.41) is 17.7. The van der Waals surface area contributed by atoms with Gasteiger partial charge in [-0.1, -0.05) is 19.3 Å². The molecule has 2 unspecified atom stereocenters. The topological polar surface area (TPSA) is 57.5 Å². The Morgan fingerprint density at radius 3 is 2.31 bits per heavy atom. The molecular formula is C9H15FO3. The second-order valence-corrected chi connectivity index (χ2v) is 3.63. The van der Waals surface area contributed by atoms with Gasteiger partial charge in [0.2, 0.25) is 6.17 Å². The van der Waals surface area contributed by atoms with E-state index in [0.29, 0.717) is 0 Å². The quantitative estimate of drug-likeness (QED) is 0.706. The predicted octanol–water partition coefficient (Wildman–Crippen LogP) is 1.35. The van der Waals surface area contributed by atoms with E-state index in [2.05, 4.69) is 0 Å². The number of carbonyl (C=O) groups is 1. The van der Waals surface area contributed by atoms with Crippen LogP contribution in [0.2, 0.25) is 0 Å². The van der Waals surface area contributed by atoms with Gasteiger partial charge >= 0.3 is 5.97 Å². The predicted molar refractivity (Wildman–Crippen MR) is 45.1 cm³/mol. The lowest BCUT2D eigenvalue weighted by Gasteiger charge is -2.26. The van der Waals surface area contributed by atoms with Crippen LogP contribution in [0.25, 0.3) is 0 Å². The van der Waals surface area contributed by atoms with Gasteiger partial charge in [0.25, 0.3) is 0 Å². The van der Waals surface area contributed by atoms with Crippen LogP contribution in [0.1, 0.15) is 32.1 Å². The third-order valence-corrected chi connectivity index (χ3v) is 2.67. The maximum Gasteiger partial charge on any atom is 0.341 e. The molecule has 0 amide bonds. The second kappa shape index (κ2) is 4.56. The zero-order valence-corrected chi connectivity index (χ0v) is 7.45. The number of hydrogen-bond acceptors (Lipinski definition) is 2. The van der Waals surface area contributed by atoms with Gasteiger partial charge in [0, 0.05) is 0 Å². The van der Waals surface area contributed by atoms with E-state index >= 15 is 0 Å². The van der Waals surface area contributed by atoms with Crippen molar-refractivity contribution in [2.75, 3.05) is 0 Å². The number of aliphatic carboxylic acids is 1. The van der Waals surface area contributed by atoms with E-state index in [1.165, 1.54) is 0 Å². The highest BCUT2D eigenvalue weighted by Crippen LogP contribution is 2.28. The minimum absolute atomic E-state index is 0.167.